The Bertz CT molecular complexity index is 329. The van der Waals surface area contributed by atoms with Gasteiger partial charge in [-0.05, 0) is 32.2 Å². The molecule has 0 radical (unpaired) electrons. The first-order valence-corrected chi connectivity index (χ1v) is 6.24. The Kier molecular flexibility index (Phi) is 3.59. The number of hydrogen-bond acceptors (Lipinski definition) is 4. The molecule has 1 aliphatic rings. The molecule has 0 aromatic carbocycles. The molecule has 4 nitrogen and oxygen atoms in total. The lowest BCUT2D eigenvalue weighted by molar-refractivity contribution is 0.323. The van der Waals surface area contributed by atoms with Crippen molar-refractivity contribution in [1.82, 2.24) is 15.5 Å². The van der Waals surface area contributed by atoms with Gasteiger partial charge in [0, 0.05) is 12.5 Å². The first kappa shape index (κ1) is 11.6. The minimum Gasteiger partial charge on any atom is -0.339 e. The molecule has 2 atom stereocenters. The fourth-order valence-corrected chi connectivity index (χ4v) is 2.10. The molecule has 1 aromatic rings. The molecule has 1 heterocycles. The highest BCUT2D eigenvalue weighted by Gasteiger charge is 2.26. The smallest absolute Gasteiger partial charge is 0.231 e. The van der Waals surface area contributed by atoms with E-state index in [2.05, 4.69) is 29.3 Å². The van der Waals surface area contributed by atoms with Crippen LogP contribution in [-0.2, 0) is 6.42 Å². The van der Waals surface area contributed by atoms with Crippen molar-refractivity contribution in [2.45, 2.75) is 51.5 Å². The molecule has 0 spiro atoms. The van der Waals surface area contributed by atoms with Crippen LogP contribution >= 0.6 is 0 Å². The van der Waals surface area contributed by atoms with Crippen LogP contribution in [0.3, 0.4) is 0 Å². The summed E-state index contributed by atoms with van der Waals surface area (Å²) in [7, 11) is 1.98. The van der Waals surface area contributed by atoms with Crippen LogP contribution in [0.25, 0.3) is 0 Å². The predicted octanol–water partition coefficient (Wildman–Crippen LogP) is 2.12. The molecule has 90 valence electrons. The molecule has 16 heavy (non-hydrogen) atoms. The summed E-state index contributed by atoms with van der Waals surface area (Å²) in [6.45, 7) is 4.30. The van der Waals surface area contributed by atoms with Crippen LogP contribution in [0, 0.1) is 5.92 Å². The van der Waals surface area contributed by atoms with E-state index in [1.807, 2.05) is 7.05 Å². The molecule has 0 bridgehead atoms. The van der Waals surface area contributed by atoms with Crippen molar-refractivity contribution < 1.29 is 4.52 Å². The van der Waals surface area contributed by atoms with Crippen LogP contribution in [-0.4, -0.2) is 23.2 Å². The number of aromatic nitrogens is 2. The number of likely N-dealkylation sites (N-methyl/N-ethyl adjacent to an activating group) is 1. The Hall–Kier alpha value is -0.900. The van der Waals surface area contributed by atoms with Gasteiger partial charge in [-0.2, -0.15) is 4.98 Å². The van der Waals surface area contributed by atoms with E-state index in [1.165, 1.54) is 12.8 Å². The Morgan fingerprint density at radius 1 is 1.50 bits per heavy atom. The van der Waals surface area contributed by atoms with Crippen molar-refractivity contribution in [1.29, 1.82) is 0 Å². The summed E-state index contributed by atoms with van der Waals surface area (Å²) < 4.78 is 5.34. The van der Waals surface area contributed by atoms with E-state index in [9.17, 15) is 0 Å². The summed E-state index contributed by atoms with van der Waals surface area (Å²) in [4.78, 5) is 4.49. The molecule has 2 rings (SSSR count). The Balaban J connectivity index is 1.98. The minimum atomic E-state index is 0.287. The standard InChI is InChI=1S/C12H21N3O/c1-4-10(13-3)8(2)12-14-11(15-16-12)7-9-5-6-9/h8-10,13H,4-7H2,1-3H3. The average Bonchev–Trinajstić information content (AvgIpc) is 2.96. The molecule has 0 aliphatic heterocycles. The third-order valence-corrected chi connectivity index (χ3v) is 3.46. The van der Waals surface area contributed by atoms with Crippen molar-refractivity contribution in [2.24, 2.45) is 5.92 Å². The molecule has 1 aliphatic carbocycles. The van der Waals surface area contributed by atoms with Gasteiger partial charge in [-0.1, -0.05) is 19.0 Å². The van der Waals surface area contributed by atoms with Gasteiger partial charge in [0.25, 0.3) is 0 Å². The first-order chi connectivity index (χ1) is 7.74. The fraction of sp³-hybridized carbons (Fsp3) is 0.833. The van der Waals surface area contributed by atoms with Gasteiger partial charge in [0.15, 0.2) is 5.82 Å². The minimum absolute atomic E-state index is 0.287. The van der Waals surface area contributed by atoms with Crippen LogP contribution in [0.5, 0.6) is 0 Å². The van der Waals surface area contributed by atoms with Crippen LogP contribution in [0.4, 0.5) is 0 Å². The lowest BCUT2D eigenvalue weighted by Crippen LogP contribution is -2.30. The average molecular weight is 223 g/mol. The van der Waals surface area contributed by atoms with Gasteiger partial charge >= 0.3 is 0 Å². The lowest BCUT2D eigenvalue weighted by atomic mass is 10.00. The van der Waals surface area contributed by atoms with Gasteiger partial charge in [0.1, 0.15) is 0 Å². The van der Waals surface area contributed by atoms with Gasteiger partial charge in [-0.25, -0.2) is 0 Å². The highest BCUT2D eigenvalue weighted by Crippen LogP contribution is 2.32. The molecule has 1 saturated carbocycles. The molecule has 0 amide bonds. The van der Waals surface area contributed by atoms with E-state index in [-0.39, 0.29) is 5.92 Å². The van der Waals surface area contributed by atoms with E-state index in [4.69, 9.17) is 4.52 Å². The highest BCUT2D eigenvalue weighted by molar-refractivity contribution is 4.98. The maximum atomic E-state index is 5.34. The number of nitrogens with one attached hydrogen (secondary N) is 1. The molecule has 4 heteroatoms. The number of nitrogens with zero attached hydrogens (tertiary/aromatic N) is 2. The van der Waals surface area contributed by atoms with Crippen molar-refractivity contribution in [3.8, 4) is 0 Å². The van der Waals surface area contributed by atoms with Crippen molar-refractivity contribution in [3.63, 3.8) is 0 Å². The predicted molar refractivity (Wildman–Crippen MR) is 62.3 cm³/mol. The molecule has 1 aromatic heterocycles. The Morgan fingerprint density at radius 3 is 2.81 bits per heavy atom. The SMILES string of the molecule is CCC(NC)C(C)c1nc(CC2CC2)no1. The second-order valence-corrected chi connectivity index (χ2v) is 4.79. The third kappa shape index (κ3) is 2.61. The summed E-state index contributed by atoms with van der Waals surface area (Å²) in [6, 6.07) is 0.411. The van der Waals surface area contributed by atoms with Crippen LogP contribution in [0.1, 0.15) is 50.7 Å². The van der Waals surface area contributed by atoms with E-state index in [0.717, 1.165) is 30.5 Å². The molecule has 2 unspecified atom stereocenters. The topological polar surface area (TPSA) is 51.0 Å². The van der Waals surface area contributed by atoms with Gasteiger partial charge in [0.2, 0.25) is 5.89 Å². The van der Waals surface area contributed by atoms with Gasteiger partial charge in [-0.15, -0.1) is 0 Å². The molecular weight excluding hydrogens is 202 g/mol. The van der Waals surface area contributed by atoms with Crippen molar-refractivity contribution >= 4 is 0 Å². The molecule has 0 saturated heterocycles. The quantitative estimate of drug-likeness (QED) is 0.802. The Morgan fingerprint density at radius 2 is 2.25 bits per heavy atom. The van der Waals surface area contributed by atoms with E-state index in [0.29, 0.717) is 6.04 Å². The largest absolute Gasteiger partial charge is 0.339 e. The zero-order valence-corrected chi connectivity index (χ0v) is 10.4. The van der Waals surface area contributed by atoms with Crippen molar-refractivity contribution in [3.05, 3.63) is 11.7 Å². The van der Waals surface area contributed by atoms with Gasteiger partial charge < -0.3 is 9.84 Å². The van der Waals surface area contributed by atoms with Crippen molar-refractivity contribution in [2.75, 3.05) is 7.05 Å². The van der Waals surface area contributed by atoms with E-state index < -0.39 is 0 Å². The summed E-state index contributed by atoms with van der Waals surface area (Å²) in [5, 5.41) is 7.34. The van der Waals surface area contributed by atoms with Gasteiger partial charge in [0.05, 0.1) is 5.92 Å². The molecule has 1 fully saturated rings. The third-order valence-electron chi connectivity index (χ3n) is 3.46. The maximum Gasteiger partial charge on any atom is 0.231 e. The zero-order chi connectivity index (χ0) is 11.5. The second kappa shape index (κ2) is 4.95. The van der Waals surface area contributed by atoms with Crippen LogP contribution in [0.15, 0.2) is 4.52 Å². The first-order valence-electron chi connectivity index (χ1n) is 6.24. The summed E-state index contributed by atoms with van der Waals surface area (Å²) in [6.07, 6.45) is 4.71. The number of hydrogen-bond donors (Lipinski definition) is 1. The van der Waals surface area contributed by atoms with Gasteiger partial charge in [-0.3, -0.25) is 0 Å². The highest BCUT2D eigenvalue weighted by atomic mass is 16.5. The van der Waals surface area contributed by atoms with Crippen LogP contribution < -0.4 is 5.32 Å². The lowest BCUT2D eigenvalue weighted by Gasteiger charge is -2.18. The Labute approximate surface area is 96.8 Å². The zero-order valence-electron chi connectivity index (χ0n) is 10.4. The second-order valence-electron chi connectivity index (χ2n) is 4.79. The monoisotopic (exact) mass is 223 g/mol. The molecule has 1 N–H and O–H groups in total. The molecular formula is C12H21N3O. The van der Waals surface area contributed by atoms with Crippen LogP contribution in [0.2, 0.25) is 0 Å². The number of rotatable bonds is 6. The summed E-state index contributed by atoms with van der Waals surface area (Å²) >= 11 is 0. The normalized spacial score (nSPS) is 19.7. The summed E-state index contributed by atoms with van der Waals surface area (Å²) in [5.41, 5.74) is 0. The summed E-state index contributed by atoms with van der Waals surface area (Å²) in [5.74, 6) is 2.76. The maximum absolute atomic E-state index is 5.34. The van der Waals surface area contributed by atoms with E-state index in [1.54, 1.807) is 0 Å². The fourth-order valence-electron chi connectivity index (χ4n) is 2.10. The van der Waals surface area contributed by atoms with E-state index >= 15 is 0 Å².